The average molecular weight is 385 g/mol. The number of rotatable bonds is 5. The summed E-state index contributed by atoms with van der Waals surface area (Å²) in [5, 5.41) is 3.77. The molecule has 1 atom stereocenters. The van der Waals surface area contributed by atoms with Gasteiger partial charge in [-0.25, -0.2) is 0 Å². The van der Waals surface area contributed by atoms with E-state index in [0.717, 1.165) is 24.3 Å². The minimum absolute atomic E-state index is 0.0230. The quantitative estimate of drug-likeness (QED) is 0.675. The third-order valence-corrected chi connectivity index (χ3v) is 5.54. The standard InChI is InChI=1S/C23H29ClN2O/c1-17(2)22(18-7-9-19(24)10-8-18)23(27)25-20-11-13-21(14-12-20)26-15-5-3-4-6-16-26/h7-14,17,22H,3-6,15-16H2,1-2H3,(H,25,27)/t22-/m1/s1. The van der Waals surface area contributed by atoms with E-state index >= 15 is 0 Å². The van der Waals surface area contributed by atoms with Crippen LogP contribution in [-0.4, -0.2) is 19.0 Å². The van der Waals surface area contributed by atoms with Crippen LogP contribution in [0.15, 0.2) is 48.5 Å². The smallest absolute Gasteiger partial charge is 0.232 e. The summed E-state index contributed by atoms with van der Waals surface area (Å²) in [4.78, 5) is 15.4. The molecule has 27 heavy (non-hydrogen) atoms. The Bertz CT molecular complexity index is 732. The van der Waals surface area contributed by atoms with Gasteiger partial charge >= 0.3 is 0 Å². The molecule has 0 aromatic heterocycles. The molecule has 3 rings (SSSR count). The molecular formula is C23H29ClN2O. The van der Waals surface area contributed by atoms with Gasteiger partial charge < -0.3 is 10.2 Å². The molecule has 1 N–H and O–H groups in total. The zero-order valence-corrected chi connectivity index (χ0v) is 17.0. The van der Waals surface area contributed by atoms with Gasteiger partial charge in [-0.15, -0.1) is 0 Å². The topological polar surface area (TPSA) is 32.3 Å². The third-order valence-electron chi connectivity index (χ3n) is 5.28. The predicted molar refractivity (Wildman–Crippen MR) is 115 cm³/mol. The molecule has 1 fully saturated rings. The van der Waals surface area contributed by atoms with E-state index in [0.29, 0.717) is 5.02 Å². The van der Waals surface area contributed by atoms with E-state index in [-0.39, 0.29) is 17.7 Å². The molecule has 0 unspecified atom stereocenters. The van der Waals surface area contributed by atoms with Crippen molar-refractivity contribution in [1.82, 2.24) is 0 Å². The van der Waals surface area contributed by atoms with E-state index in [1.807, 2.05) is 36.4 Å². The summed E-state index contributed by atoms with van der Waals surface area (Å²) in [5.74, 6) is 0.0185. The van der Waals surface area contributed by atoms with Crippen LogP contribution in [0.5, 0.6) is 0 Å². The Morgan fingerprint density at radius 2 is 1.52 bits per heavy atom. The van der Waals surface area contributed by atoms with Crippen molar-refractivity contribution in [2.45, 2.75) is 45.4 Å². The first-order valence-electron chi connectivity index (χ1n) is 9.96. The Hall–Kier alpha value is -2.00. The molecule has 1 saturated heterocycles. The number of halogens is 1. The molecule has 0 spiro atoms. The normalized spacial score (nSPS) is 16.1. The first kappa shape index (κ1) is 19.8. The van der Waals surface area contributed by atoms with Gasteiger partial charge in [0.2, 0.25) is 5.91 Å². The van der Waals surface area contributed by atoms with Crippen LogP contribution in [0.3, 0.4) is 0 Å². The number of amides is 1. The number of anilines is 2. The highest BCUT2D eigenvalue weighted by Crippen LogP contribution is 2.28. The predicted octanol–water partition coefficient (Wildman–Crippen LogP) is 6.10. The van der Waals surface area contributed by atoms with Crippen LogP contribution < -0.4 is 10.2 Å². The third kappa shape index (κ3) is 5.26. The van der Waals surface area contributed by atoms with Crippen molar-refractivity contribution in [2.75, 3.05) is 23.3 Å². The van der Waals surface area contributed by atoms with Gasteiger partial charge in [0.05, 0.1) is 5.92 Å². The van der Waals surface area contributed by atoms with E-state index in [2.05, 4.69) is 36.2 Å². The summed E-state index contributed by atoms with van der Waals surface area (Å²) >= 11 is 5.99. The minimum Gasteiger partial charge on any atom is -0.372 e. The highest BCUT2D eigenvalue weighted by molar-refractivity contribution is 6.30. The number of hydrogen-bond acceptors (Lipinski definition) is 2. The molecule has 4 heteroatoms. The largest absolute Gasteiger partial charge is 0.372 e. The lowest BCUT2D eigenvalue weighted by molar-refractivity contribution is -0.118. The van der Waals surface area contributed by atoms with Crippen LogP contribution in [0, 0.1) is 5.92 Å². The van der Waals surface area contributed by atoms with Crippen molar-refractivity contribution in [3.05, 3.63) is 59.1 Å². The van der Waals surface area contributed by atoms with Crippen molar-refractivity contribution in [1.29, 1.82) is 0 Å². The first-order chi connectivity index (χ1) is 13.0. The number of carbonyl (C=O) groups is 1. The molecule has 144 valence electrons. The summed E-state index contributed by atoms with van der Waals surface area (Å²) in [5.41, 5.74) is 3.08. The molecule has 0 bridgehead atoms. The Balaban J connectivity index is 1.69. The Morgan fingerprint density at radius 3 is 2.07 bits per heavy atom. The summed E-state index contributed by atoms with van der Waals surface area (Å²) < 4.78 is 0. The molecule has 2 aromatic rings. The lowest BCUT2D eigenvalue weighted by atomic mass is 9.87. The van der Waals surface area contributed by atoms with Crippen molar-refractivity contribution in [3.8, 4) is 0 Å². The Morgan fingerprint density at radius 1 is 0.926 bits per heavy atom. The molecule has 0 radical (unpaired) electrons. The molecule has 2 aromatic carbocycles. The molecule has 1 aliphatic rings. The molecule has 0 aliphatic carbocycles. The van der Waals surface area contributed by atoms with Gasteiger partial charge in [0.25, 0.3) is 0 Å². The van der Waals surface area contributed by atoms with E-state index in [4.69, 9.17) is 11.6 Å². The average Bonchev–Trinajstić information content (AvgIpc) is 2.93. The fourth-order valence-corrected chi connectivity index (χ4v) is 3.94. The maximum atomic E-state index is 12.9. The van der Waals surface area contributed by atoms with E-state index in [1.165, 1.54) is 31.4 Å². The van der Waals surface area contributed by atoms with Crippen LogP contribution in [0.1, 0.15) is 51.0 Å². The number of carbonyl (C=O) groups excluding carboxylic acids is 1. The second-order valence-electron chi connectivity index (χ2n) is 7.71. The summed E-state index contributed by atoms with van der Waals surface area (Å²) in [7, 11) is 0. The first-order valence-corrected chi connectivity index (χ1v) is 10.3. The van der Waals surface area contributed by atoms with Crippen LogP contribution in [-0.2, 0) is 4.79 Å². The van der Waals surface area contributed by atoms with Gasteiger partial charge in [0, 0.05) is 29.5 Å². The SMILES string of the molecule is CC(C)[C@@H](C(=O)Nc1ccc(N2CCCCCC2)cc1)c1ccc(Cl)cc1. The van der Waals surface area contributed by atoms with Crippen molar-refractivity contribution >= 4 is 28.9 Å². The summed E-state index contributed by atoms with van der Waals surface area (Å²) in [6.07, 6.45) is 5.17. The maximum Gasteiger partial charge on any atom is 0.232 e. The fraction of sp³-hybridized carbons (Fsp3) is 0.435. The number of nitrogens with zero attached hydrogens (tertiary/aromatic N) is 1. The molecule has 3 nitrogen and oxygen atoms in total. The van der Waals surface area contributed by atoms with Crippen LogP contribution in [0.4, 0.5) is 11.4 Å². The highest BCUT2D eigenvalue weighted by Gasteiger charge is 2.24. The lowest BCUT2D eigenvalue weighted by Crippen LogP contribution is -2.25. The van der Waals surface area contributed by atoms with Crippen molar-refractivity contribution in [2.24, 2.45) is 5.92 Å². The van der Waals surface area contributed by atoms with Gasteiger partial charge in [-0.05, 0) is 60.7 Å². The zero-order valence-electron chi connectivity index (χ0n) is 16.2. The van der Waals surface area contributed by atoms with Gasteiger partial charge in [0.15, 0.2) is 0 Å². The number of nitrogens with one attached hydrogen (secondary N) is 1. The summed E-state index contributed by atoms with van der Waals surface area (Å²) in [6.45, 7) is 6.39. The highest BCUT2D eigenvalue weighted by atomic mass is 35.5. The number of benzene rings is 2. The Kier molecular flexibility index (Phi) is 6.78. The molecule has 1 aliphatic heterocycles. The van der Waals surface area contributed by atoms with Crippen molar-refractivity contribution < 1.29 is 4.79 Å². The van der Waals surface area contributed by atoms with Crippen LogP contribution >= 0.6 is 11.6 Å². The minimum atomic E-state index is -0.201. The molecule has 1 amide bonds. The second-order valence-corrected chi connectivity index (χ2v) is 8.15. The monoisotopic (exact) mass is 384 g/mol. The van der Waals surface area contributed by atoms with E-state index in [9.17, 15) is 4.79 Å². The van der Waals surface area contributed by atoms with Gasteiger partial charge in [-0.3, -0.25) is 4.79 Å². The number of hydrogen-bond donors (Lipinski definition) is 1. The second kappa shape index (κ2) is 9.27. The Labute approximate surface area is 167 Å². The fourth-order valence-electron chi connectivity index (χ4n) is 3.81. The lowest BCUT2D eigenvalue weighted by Gasteiger charge is -2.23. The van der Waals surface area contributed by atoms with E-state index in [1.54, 1.807) is 0 Å². The molecule has 0 saturated carbocycles. The van der Waals surface area contributed by atoms with Crippen molar-refractivity contribution in [3.63, 3.8) is 0 Å². The summed E-state index contributed by atoms with van der Waals surface area (Å²) in [6, 6.07) is 15.8. The maximum absolute atomic E-state index is 12.9. The van der Waals surface area contributed by atoms with Gasteiger partial charge in [-0.1, -0.05) is 50.4 Å². The van der Waals surface area contributed by atoms with Crippen LogP contribution in [0.25, 0.3) is 0 Å². The van der Waals surface area contributed by atoms with Gasteiger partial charge in [-0.2, -0.15) is 0 Å². The van der Waals surface area contributed by atoms with Crippen LogP contribution in [0.2, 0.25) is 5.02 Å². The van der Waals surface area contributed by atoms with Gasteiger partial charge in [0.1, 0.15) is 0 Å². The van der Waals surface area contributed by atoms with E-state index < -0.39 is 0 Å². The zero-order chi connectivity index (χ0) is 19.2. The molecular weight excluding hydrogens is 356 g/mol. The molecule has 1 heterocycles.